The van der Waals surface area contributed by atoms with Crippen LogP contribution in [0, 0.1) is 0 Å². The van der Waals surface area contributed by atoms with Crippen LogP contribution in [0.4, 0.5) is 0 Å². The number of hydrogen-bond donors (Lipinski definition) is 1. The van der Waals surface area contributed by atoms with E-state index in [1.807, 2.05) is 12.1 Å². The van der Waals surface area contributed by atoms with E-state index in [1.54, 1.807) is 18.3 Å². The van der Waals surface area contributed by atoms with Gasteiger partial charge in [-0.2, -0.15) is 0 Å². The summed E-state index contributed by atoms with van der Waals surface area (Å²) in [6.07, 6.45) is 3.22. The van der Waals surface area contributed by atoms with Crippen molar-refractivity contribution in [2.24, 2.45) is 4.99 Å². The Bertz CT molecular complexity index is 780. The summed E-state index contributed by atoms with van der Waals surface area (Å²) in [5.41, 5.74) is 1.48. The van der Waals surface area contributed by atoms with Crippen molar-refractivity contribution in [3.05, 3.63) is 41.7 Å². The van der Waals surface area contributed by atoms with Gasteiger partial charge < -0.3 is 4.98 Å². The molecule has 0 bridgehead atoms. The van der Waals surface area contributed by atoms with Crippen LogP contribution in [0.1, 0.15) is 0 Å². The molecule has 21 heavy (non-hydrogen) atoms. The molecule has 1 aliphatic rings. The van der Waals surface area contributed by atoms with Gasteiger partial charge in [0.1, 0.15) is 5.75 Å². The Morgan fingerprint density at radius 2 is 2.00 bits per heavy atom. The minimum Gasteiger partial charge on any atom is -0.366 e. The van der Waals surface area contributed by atoms with Gasteiger partial charge in [-0.05, 0) is 17.7 Å². The molecule has 0 saturated heterocycles. The van der Waals surface area contributed by atoms with Crippen LogP contribution in [0.5, 0.6) is 0 Å². The van der Waals surface area contributed by atoms with Crippen LogP contribution in [-0.4, -0.2) is 36.5 Å². The monoisotopic (exact) mass is 340 g/mol. The number of halogens is 1. The normalized spacial score (nSPS) is 15.2. The van der Waals surface area contributed by atoms with Crippen LogP contribution in [0.25, 0.3) is 11.1 Å². The number of aromatic amines is 1. The molecule has 0 spiro atoms. The molecular formula is C14H13ClN2O2S2. The van der Waals surface area contributed by atoms with Crippen molar-refractivity contribution in [1.82, 2.24) is 4.98 Å². The number of sulfone groups is 1. The number of rotatable bonds is 4. The second kappa shape index (κ2) is 5.87. The van der Waals surface area contributed by atoms with Gasteiger partial charge in [0.05, 0.1) is 9.94 Å². The molecule has 2 heterocycles. The fraction of sp³-hybridized carbons (Fsp3) is 0.214. The Morgan fingerprint density at radius 3 is 2.67 bits per heavy atom. The SMILES string of the molecule is O=S(=O)(CC1=NCCS1)c1c[nH]cc1-c1ccc(Cl)cc1. The molecule has 1 aliphatic heterocycles. The second-order valence-corrected chi connectivity index (χ2v) is 8.19. The number of nitrogens with one attached hydrogen (secondary N) is 1. The fourth-order valence-corrected chi connectivity index (χ4v) is 5.03. The van der Waals surface area contributed by atoms with Crippen molar-refractivity contribution >= 4 is 38.2 Å². The quantitative estimate of drug-likeness (QED) is 0.929. The zero-order valence-corrected chi connectivity index (χ0v) is 13.4. The Morgan fingerprint density at radius 1 is 1.24 bits per heavy atom. The maximum absolute atomic E-state index is 12.6. The average Bonchev–Trinajstić information content (AvgIpc) is 3.10. The van der Waals surface area contributed by atoms with Crippen molar-refractivity contribution < 1.29 is 8.42 Å². The summed E-state index contributed by atoms with van der Waals surface area (Å²) in [5, 5.41) is 1.31. The summed E-state index contributed by atoms with van der Waals surface area (Å²) in [6.45, 7) is 0.701. The van der Waals surface area contributed by atoms with Crippen LogP contribution < -0.4 is 0 Å². The van der Waals surface area contributed by atoms with E-state index in [0.29, 0.717) is 27.1 Å². The first-order valence-corrected chi connectivity index (χ1v) is 9.39. The smallest absolute Gasteiger partial charge is 0.186 e. The van der Waals surface area contributed by atoms with Gasteiger partial charge in [-0.3, -0.25) is 4.99 Å². The number of benzene rings is 1. The van der Waals surface area contributed by atoms with Crippen LogP contribution in [-0.2, 0) is 9.84 Å². The highest BCUT2D eigenvalue weighted by Crippen LogP contribution is 2.29. The lowest BCUT2D eigenvalue weighted by atomic mass is 10.1. The molecule has 1 aromatic heterocycles. The second-order valence-electron chi connectivity index (χ2n) is 4.62. The molecule has 3 rings (SSSR count). The van der Waals surface area contributed by atoms with Gasteiger partial charge in [-0.25, -0.2) is 8.42 Å². The predicted octanol–water partition coefficient (Wildman–Crippen LogP) is 3.25. The third-order valence-electron chi connectivity index (χ3n) is 3.16. The first-order chi connectivity index (χ1) is 10.1. The molecule has 0 unspecified atom stereocenters. The van der Waals surface area contributed by atoms with Gasteiger partial charge in [-0.15, -0.1) is 11.8 Å². The fourth-order valence-electron chi connectivity index (χ4n) is 2.17. The van der Waals surface area contributed by atoms with Crippen molar-refractivity contribution in [3.63, 3.8) is 0 Å². The van der Waals surface area contributed by atoms with Gasteiger partial charge >= 0.3 is 0 Å². The number of hydrogen-bond acceptors (Lipinski definition) is 4. The molecule has 0 amide bonds. The van der Waals surface area contributed by atoms with E-state index in [1.165, 1.54) is 18.0 Å². The lowest BCUT2D eigenvalue weighted by Crippen LogP contribution is -2.13. The van der Waals surface area contributed by atoms with Crippen LogP contribution in [0.2, 0.25) is 5.02 Å². The Balaban J connectivity index is 1.96. The third kappa shape index (κ3) is 3.17. The summed E-state index contributed by atoms with van der Waals surface area (Å²) in [7, 11) is -3.41. The van der Waals surface area contributed by atoms with E-state index < -0.39 is 9.84 Å². The highest BCUT2D eigenvalue weighted by atomic mass is 35.5. The van der Waals surface area contributed by atoms with E-state index in [9.17, 15) is 8.42 Å². The highest BCUT2D eigenvalue weighted by Gasteiger charge is 2.24. The van der Waals surface area contributed by atoms with E-state index in [2.05, 4.69) is 9.98 Å². The molecule has 1 aromatic carbocycles. The van der Waals surface area contributed by atoms with E-state index in [0.717, 1.165) is 11.3 Å². The van der Waals surface area contributed by atoms with Crippen molar-refractivity contribution in [3.8, 4) is 11.1 Å². The zero-order chi connectivity index (χ0) is 14.9. The minimum atomic E-state index is -3.41. The van der Waals surface area contributed by atoms with Gasteiger partial charge in [0.15, 0.2) is 9.84 Å². The lowest BCUT2D eigenvalue weighted by Gasteiger charge is -2.06. The van der Waals surface area contributed by atoms with Crippen molar-refractivity contribution in [1.29, 1.82) is 0 Å². The number of nitrogens with zero attached hydrogens (tertiary/aromatic N) is 1. The lowest BCUT2D eigenvalue weighted by molar-refractivity contribution is 0.600. The summed E-state index contributed by atoms with van der Waals surface area (Å²) < 4.78 is 25.1. The van der Waals surface area contributed by atoms with Crippen molar-refractivity contribution in [2.45, 2.75) is 4.90 Å². The maximum atomic E-state index is 12.6. The summed E-state index contributed by atoms with van der Waals surface area (Å²) >= 11 is 7.38. The maximum Gasteiger partial charge on any atom is 0.186 e. The molecule has 0 radical (unpaired) electrons. The first kappa shape index (κ1) is 14.7. The minimum absolute atomic E-state index is 0.0316. The Kier molecular flexibility index (Phi) is 4.10. The average molecular weight is 341 g/mol. The topological polar surface area (TPSA) is 62.3 Å². The molecule has 7 heteroatoms. The molecule has 0 fully saturated rings. The molecule has 0 aliphatic carbocycles. The molecule has 2 aromatic rings. The van der Waals surface area contributed by atoms with Gasteiger partial charge in [0.25, 0.3) is 0 Å². The number of aliphatic imine (C=N–C) groups is 1. The van der Waals surface area contributed by atoms with Crippen molar-refractivity contribution in [2.75, 3.05) is 18.1 Å². The van der Waals surface area contributed by atoms with Gasteiger partial charge in [0.2, 0.25) is 0 Å². The van der Waals surface area contributed by atoms with Crippen LogP contribution >= 0.6 is 23.4 Å². The van der Waals surface area contributed by atoms with Crippen LogP contribution in [0.15, 0.2) is 46.5 Å². The molecule has 4 nitrogen and oxygen atoms in total. The number of thioether (sulfide) groups is 1. The number of aromatic nitrogens is 1. The van der Waals surface area contributed by atoms with E-state index >= 15 is 0 Å². The molecule has 0 saturated carbocycles. The highest BCUT2D eigenvalue weighted by molar-refractivity contribution is 8.15. The summed E-state index contributed by atoms with van der Waals surface area (Å²) in [4.78, 5) is 7.41. The predicted molar refractivity (Wildman–Crippen MR) is 88.1 cm³/mol. The van der Waals surface area contributed by atoms with Crippen LogP contribution in [0.3, 0.4) is 0 Å². The zero-order valence-electron chi connectivity index (χ0n) is 11.0. The number of H-pyrrole nitrogens is 1. The van der Waals surface area contributed by atoms with Gasteiger partial charge in [-0.1, -0.05) is 23.7 Å². The molecule has 1 N–H and O–H groups in total. The molecular weight excluding hydrogens is 328 g/mol. The largest absolute Gasteiger partial charge is 0.366 e. The standard InChI is InChI=1S/C14H13ClN2O2S2/c15-11-3-1-10(2-4-11)12-7-16-8-13(12)21(18,19)9-14-17-5-6-20-14/h1-4,7-8,16H,5-6,9H2. The first-order valence-electron chi connectivity index (χ1n) is 6.38. The molecule has 110 valence electrons. The van der Waals surface area contributed by atoms with E-state index in [4.69, 9.17) is 11.6 Å². The Labute approximate surface area is 132 Å². The molecule has 0 atom stereocenters. The summed E-state index contributed by atoms with van der Waals surface area (Å²) in [6, 6.07) is 7.12. The van der Waals surface area contributed by atoms with Gasteiger partial charge in [0, 0.05) is 35.3 Å². The third-order valence-corrected chi connectivity index (χ3v) is 6.25. The summed E-state index contributed by atoms with van der Waals surface area (Å²) in [5.74, 6) is 0.831. The Hall–Kier alpha value is -1.24. The van der Waals surface area contributed by atoms with E-state index in [-0.39, 0.29) is 5.75 Å².